The standard InChI is InChI=1S/C12H18N4O3/c1-15(9-3-4-9)8-7-13-12-10(16(17)18)5-6-11(14-12)19-2/h5-6,9H,3-4,7-8H2,1-2H3,(H,13,14). The summed E-state index contributed by atoms with van der Waals surface area (Å²) in [6.07, 6.45) is 2.49. The molecule has 1 aliphatic carbocycles. The van der Waals surface area contributed by atoms with Gasteiger partial charge in [0, 0.05) is 31.3 Å². The number of nitrogens with one attached hydrogen (secondary N) is 1. The number of likely N-dealkylation sites (N-methyl/N-ethyl adjacent to an activating group) is 1. The second kappa shape index (κ2) is 5.83. The Morgan fingerprint density at radius 2 is 2.32 bits per heavy atom. The fourth-order valence-electron chi connectivity index (χ4n) is 1.87. The summed E-state index contributed by atoms with van der Waals surface area (Å²) in [6.45, 7) is 1.45. The Labute approximate surface area is 111 Å². The lowest BCUT2D eigenvalue weighted by molar-refractivity contribution is -0.384. The summed E-state index contributed by atoms with van der Waals surface area (Å²) in [7, 11) is 3.55. The molecule has 104 valence electrons. The molecule has 1 fully saturated rings. The summed E-state index contributed by atoms with van der Waals surface area (Å²) in [5, 5.41) is 13.9. The van der Waals surface area contributed by atoms with Gasteiger partial charge in [0.2, 0.25) is 11.7 Å². The monoisotopic (exact) mass is 266 g/mol. The SMILES string of the molecule is COc1ccc([N+](=O)[O-])c(NCCN(C)C2CC2)n1. The highest BCUT2D eigenvalue weighted by atomic mass is 16.6. The van der Waals surface area contributed by atoms with Gasteiger partial charge in [0.1, 0.15) is 0 Å². The first kappa shape index (κ1) is 13.5. The quantitative estimate of drug-likeness (QED) is 0.595. The molecule has 1 N–H and O–H groups in total. The summed E-state index contributed by atoms with van der Waals surface area (Å²) in [6, 6.07) is 3.56. The number of nitrogens with zero attached hydrogens (tertiary/aromatic N) is 3. The van der Waals surface area contributed by atoms with Crippen molar-refractivity contribution < 1.29 is 9.66 Å². The Balaban J connectivity index is 1.98. The number of hydrogen-bond donors (Lipinski definition) is 1. The van der Waals surface area contributed by atoms with Gasteiger partial charge in [-0.2, -0.15) is 4.98 Å². The molecule has 1 heterocycles. The van der Waals surface area contributed by atoms with Gasteiger partial charge in [-0.05, 0) is 19.9 Å². The van der Waals surface area contributed by atoms with Gasteiger partial charge >= 0.3 is 5.69 Å². The van der Waals surface area contributed by atoms with Crippen molar-refractivity contribution in [1.29, 1.82) is 0 Å². The summed E-state index contributed by atoms with van der Waals surface area (Å²) in [4.78, 5) is 16.8. The zero-order chi connectivity index (χ0) is 13.8. The number of nitro groups is 1. The second-order valence-electron chi connectivity index (χ2n) is 4.62. The van der Waals surface area contributed by atoms with Gasteiger partial charge in [0.05, 0.1) is 12.0 Å². The molecule has 1 saturated carbocycles. The van der Waals surface area contributed by atoms with Gasteiger partial charge < -0.3 is 15.0 Å². The van der Waals surface area contributed by atoms with E-state index in [9.17, 15) is 10.1 Å². The Morgan fingerprint density at radius 1 is 1.58 bits per heavy atom. The van der Waals surface area contributed by atoms with Crippen LogP contribution in [0.1, 0.15) is 12.8 Å². The van der Waals surface area contributed by atoms with Crippen molar-refractivity contribution in [2.45, 2.75) is 18.9 Å². The predicted octanol–water partition coefficient (Wildman–Crippen LogP) is 1.50. The molecule has 19 heavy (non-hydrogen) atoms. The van der Waals surface area contributed by atoms with E-state index < -0.39 is 4.92 Å². The van der Waals surface area contributed by atoms with Crippen LogP contribution in [0, 0.1) is 10.1 Å². The molecule has 0 aliphatic heterocycles. The van der Waals surface area contributed by atoms with Crippen LogP contribution in [-0.4, -0.2) is 48.1 Å². The van der Waals surface area contributed by atoms with Crippen molar-refractivity contribution in [1.82, 2.24) is 9.88 Å². The molecule has 7 nitrogen and oxygen atoms in total. The maximum atomic E-state index is 10.9. The number of aromatic nitrogens is 1. The van der Waals surface area contributed by atoms with Crippen molar-refractivity contribution in [2.24, 2.45) is 0 Å². The summed E-state index contributed by atoms with van der Waals surface area (Å²) < 4.78 is 4.98. The van der Waals surface area contributed by atoms with Gasteiger partial charge in [-0.1, -0.05) is 0 Å². The molecule has 7 heteroatoms. The first-order valence-corrected chi connectivity index (χ1v) is 6.25. The average Bonchev–Trinajstić information content (AvgIpc) is 3.22. The summed E-state index contributed by atoms with van der Waals surface area (Å²) >= 11 is 0. The van der Waals surface area contributed by atoms with Gasteiger partial charge in [-0.25, -0.2) is 0 Å². The highest BCUT2D eigenvalue weighted by Gasteiger charge is 2.25. The van der Waals surface area contributed by atoms with E-state index in [0.717, 1.165) is 6.54 Å². The average molecular weight is 266 g/mol. The Hall–Kier alpha value is -1.89. The lowest BCUT2D eigenvalue weighted by atomic mass is 10.3. The van der Waals surface area contributed by atoms with Gasteiger partial charge in [0.15, 0.2) is 0 Å². The van der Waals surface area contributed by atoms with Crippen molar-refractivity contribution in [2.75, 3.05) is 32.6 Å². The minimum absolute atomic E-state index is 0.0325. The minimum atomic E-state index is -0.445. The predicted molar refractivity (Wildman–Crippen MR) is 71.6 cm³/mol. The molecule has 0 atom stereocenters. The van der Waals surface area contributed by atoms with Crippen molar-refractivity contribution in [3.8, 4) is 5.88 Å². The van der Waals surface area contributed by atoms with E-state index in [1.54, 1.807) is 0 Å². The Bertz CT molecular complexity index is 462. The topological polar surface area (TPSA) is 80.5 Å². The molecule has 0 spiro atoms. The first-order valence-electron chi connectivity index (χ1n) is 6.25. The lowest BCUT2D eigenvalue weighted by Gasteiger charge is -2.16. The fraction of sp³-hybridized carbons (Fsp3) is 0.583. The molecular formula is C12H18N4O3. The molecule has 0 amide bonds. The third-order valence-electron chi connectivity index (χ3n) is 3.18. The van der Waals surface area contributed by atoms with Gasteiger partial charge in [-0.15, -0.1) is 0 Å². The van der Waals surface area contributed by atoms with E-state index in [-0.39, 0.29) is 11.5 Å². The number of methoxy groups -OCH3 is 1. The van der Waals surface area contributed by atoms with E-state index in [4.69, 9.17) is 4.74 Å². The molecule has 0 aromatic carbocycles. The molecule has 1 aromatic rings. The number of pyridine rings is 1. The molecule has 1 aromatic heterocycles. The number of hydrogen-bond acceptors (Lipinski definition) is 6. The summed E-state index contributed by atoms with van der Waals surface area (Å²) in [5.74, 6) is 0.622. The first-order chi connectivity index (χ1) is 9.11. The van der Waals surface area contributed by atoms with Crippen LogP contribution in [0.5, 0.6) is 5.88 Å². The highest BCUT2D eigenvalue weighted by Crippen LogP contribution is 2.26. The van der Waals surface area contributed by atoms with E-state index in [1.807, 2.05) is 0 Å². The third-order valence-corrected chi connectivity index (χ3v) is 3.18. The Kier molecular flexibility index (Phi) is 4.16. The van der Waals surface area contributed by atoms with Crippen LogP contribution < -0.4 is 10.1 Å². The van der Waals surface area contributed by atoms with E-state index in [1.165, 1.54) is 32.1 Å². The summed E-state index contributed by atoms with van der Waals surface area (Å²) in [5.41, 5.74) is -0.0325. The lowest BCUT2D eigenvalue weighted by Crippen LogP contribution is -2.27. The molecular weight excluding hydrogens is 248 g/mol. The molecule has 2 rings (SSSR count). The Morgan fingerprint density at radius 3 is 2.89 bits per heavy atom. The van der Waals surface area contributed by atoms with Crippen molar-refractivity contribution in [3.05, 3.63) is 22.2 Å². The maximum Gasteiger partial charge on any atom is 0.311 e. The molecule has 0 saturated heterocycles. The largest absolute Gasteiger partial charge is 0.481 e. The van der Waals surface area contributed by atoms with Crippen molar-refractivity contribution >= 4 is 11.5 Å². The van der Waals surface area contributed by atoms with E-state index in [0.29, 0.717) is 18.5 Å². The smallest absolute Gasteiger partial charge is 0.311 e. The number of rotatable bonds is 7. The fourth-order valence-corrected chi connectivity index (χ4v) is 1.87. The second-order valence-corrected chi connectivity index (χ2v) is 4.62. The molecule has 0 unspecified atom stereocenters. The maximum absolute atomic E-state index is 10.9. The zero-order valence-corrected chi connectivity index (χ0v) is 11.1. The van der Waals surface area contributed by atoms with Crippen LogP contribution >= 0.6 is 0 Å². The number of anilines is 1. The molecule has 0 radical (unpaired) electrons. The zero-order valence-electron chi connectivity index (χ0n) is 11.1. The van der Waals surface area contributed by atoms with Crippen molar-refractivity contribution in [3.63, 3.8) is 0 Å². The molecule has 0 bridgehead atoms. The highest BCUT2D eigenvalue weighted by molar-refractivity contribution is 5.57. The van der Waals surface area contributed by atoms with Crippen LogP contribution in [0.25, 0.3) is 0 Å². The van der Waals surface area contributed by atoms with Gasteiger partial charge in [0.25, 0.3) is 0 Å². The van der Waals surface area contributed by atoms with Crippen LogP contribution in [0.3, 0.4) is 0 Å². The molecule has 1 aliphatic rings. The van der Waals surface area contributed by atoms with Crippen LogP contribution in [0.4, 0.5) is 11.5 Å². The van der Waals surface area contributed by atoms with Crippen LogP contribution in [0.2, 0.25) is 0 Å². The van der Waals surface area contributed by atoms with Crippen LogP contribution in [0.15, 0.2) is 12.1 Å². The minimum Gasteiger partial charge on any atom is -0.481 e. The van der Waals surface area contributed by atoms with E-state index in [2.05, 4.69) is 22.2 Å². The van der Waals surface area contributed by atoms with E-state index >= 15 is 0 Å². The number of ether oxygens (including phenoxy) is 1. The third kappa shape index (κ3) is 3.54. The van der Waals surface area contributed by atoms with Gasteiger partial charge in [-0.3, -0.25) is 10.1 Å². The van der Waals surface area contributed by atoms with Crippen LogP contribution in [-0.2, 0) is 0 Å². The normalized spacial score (nSPS) is 14.5.